The van der Waals surface area contributed by atoms with Gasteiger partial charge in [-0.15, -0.1) is 0 Å². The van der Waals surface area contributed by atoms with E-state index in [0.29, 0.717) is 5.95 Å². The van der Waals surface area contributed by atoms with Crippen LogP contribution in [-0.4, -0.2) is 51.9 Å². The molecule has 2 aromatic heterocycles. The molecule has 38 heavy (non-hydrogen) atoms. The van der Waals surface area contributed by atoms with Crippen molar-refractivity contribution in [1.29, 1.82) is 0 Å². The number of para-hydroxylation sites is 1. The predicted molar refractivity (Wildman–Crippen MR) is 155 cm³/mol. The highest BCUT2D eigenvalue weighted by atomic mass is 15.4. The summed E-state index contributed by atoms with van der Waals surface area (Å²) in [5.41, 5.74) is 7.91. The summed E-state index contributed by atoms with van der Waals surface area (Å²) in [4.78, 5) is 19.0. The summed E-state index contributed by atoms with van der Waals surface area (Å²) < 4.78 is 2.36. The van der Waals surface area contributed by atoms with Crippen molar-refractivity contribution in [1.82, 2.24) is 19.5 Å². The molecular weight excluding hydrogens is 472 g/mol. The van der Waals surface area contributed by atoms with Gasteiger partial charge < -0.3 is 14.4 Å². The number of hydrogen-bond donors (Lipinski definition) is 1. The van der Waals surface area contributed by atoms with Crippen LogP contribution in [0.15, 0.2) is 59.7 Å². The Kier molecular flexibility index (Phi) is 7.20. The molecule has 4 heterocycles. The first-order valence-electron chi connectivity index (χ1n) is 13.9. The first-order chi connectivity index (χ1) is 18.8. The molecule has 0 spiro atoms. The van der Waals surface area contributed by atoms with Gasteiger partial charge in [-0.05, 0) is 57.1 Å². The van der Waals surface area contributed by atoms with E-state index in [1.54, 1.807) is 0 Å². The highest BCUT2D eigenvalue weighted by Gasteiger charge is 2.20. The fraction of sp³-hybridized carbons (Fsp3) is 0.400. The minimum atomic E-state index is 0.503. The Labute approximate surface area is 224 Å². The number of nitrogens with zero attached hydrogens (tertiary/aromatic N) is 7. The lowest BCUT2D eigenvalue weighted by atomic mass is 10.1. The average molecular weight is 509 g/mol. The minimum absolute atomic E-state index is 0.503. The van der Waals surface area contributed by atoms with Crippen molar-refractivity contribution in [3.8, 4) is 0 Å². The summed E-state index contributed by atoms with van der Waals surface area (Å²) in [5.74, 6) is 2.02. The summed E-state index contributed by atoms with van der Waals surface area (Å²) in [6.07, 6.45) is 9.16. The highest BCUT2D eigenvalue weighted by molar-refractivity contribution is 6.01. The van der Waals surface area contributed by atoms with Crippen LogP contribution in [-0.2, 0) is 6.54 Å². The maximum absolute atomic E-state index is 4.88. The predicted octanol–water partition coefficient (Wildman–Crippen LogP) is 5.61. The van der Waals surface area contributed by atoms with Crippen LogP contribution in [0.25, 0.3) is 10.9 Å². The standard InChI is InChI=1S/C30H36N8/c1-23-26(25-15-7-8-16-27(25)38(23)22-24-13-5-2-6-14-24)21-31-35-28-32-29(36-17-9-3-10-18-36)34-30(33-28)37-19-11-4-12-20-37/h2,5-8,13-16,21H,3-4,9-12,17-20,22H2,1H3,(H,32,33,34,35)/b31-21+. The van der Waals surface area contributed by atoms with E-state index in [-0.39, 0.29) is 0 Å². The second kappa shape index (κ2) is 11.2. The first kappa shape index (κ1) is 24.4. The van der Waals surface area contributed by atoms with Crippen molar-refractivity contribution >= 4 is 35.0 Å². The Morgan fingerprint density at radius 2 is 1.37 bits per heavy atom. The number of aromatic nitrogens is 4. The normalized spacial score (nSPS) is 16.4. The van der Waals surface area contributed by atoms with E-state index in [2.05, 4.69) is 86.4 Å². The Morgan fingerprint density at radius 1 is 0.763 bits per heavy atom. The van der Waals surface area contributed by atoms with Crippen LogP contribution in [0.2, 0.25) is 0 Å². The van der Waals surface area contributed by atoms with E-state index in [4.69, 9.17) is 15.0 Å². The third-order valence-corrected chi connectivity index (χ3v) is 7.71. The molecule has 0 bridgehead atoms. The molecule has 4 aromatic rings. The SMILES string of the molecule is Cc1c(/C=N/Nc2nc(N3CCCCC3)nc(N3CCCCC3)n2)c2ccccc2n1Cc1ccccc1. The average Bonchev–Trinajstić information content (AvgIpc) is 3.24. The van der Waals surface area contributed by atoms with Crippen LogP contribution >= 0.6 is 0 Å². The van der Waals surface area contributed by atoms with E-state index in [9.17, 15) is 0 Å². The van der Waals surface area contributed by atoms with Crippen molar-refractivity contribution in [2.75, 3.05) is 41.4 Å². The summed E-state index contributed by atoms with van der Waals surface area (Å²) >= 11 is 0. The van der Waals surface area contributed by atoms with E-state index in [0.717, 1.165) is 50.2 Å². The molecule has 0 saturated carbocycles. The molecule has 0 atom stereocenters. The van der Waals surface area contributed by atoms with Crippen molar-refractivity contribution in [2.45, 2.75) is 52.0 Å². The maximum atomic E-state index is 4.88. The van der Waals surface area contributed by atoms with Crippen LogP contribution in [0.3, 0.4) is 0 Å². The summed E-state index contributed by atoms with van der Waals surface area (Å²) in [6.45, 7) is 6.95. The number of hydrazone groups is 1. The Balaban J connectivity index is 1.29. The molecule has 2 saturated heterocycles. The van der Waals surface area contributed by atoms with E-state index in [1.807, 2.05) is 6.21 Å². The number of rotatable bonds is 7. The van der Waals surface area contributed by atoms with Gasteiger partial charge in [-0.1, -0.05) is 48.5 Å². The number of nitrogens with one attached hydrogen (secondary N) is 1. The first-order valence-corrected chi connectivity index (χ1v) is 13.9. The number of anilines is 3. The number of piperidine rings is 2. The lowest BCUT2D eigenvalue weighted by Gasteiger charge is -2.30. The second-order valence-electron chi connectivity index (χ2n) is 10.3. The van der Waals surface area contributed by atoms with E-state index in [1.165, 1.54) is 60.7 Å². The zero-order valence-corrected chi connectivity index (χ0v) is 22.2. The van der Waals surface area contributed by atoms with Crippen molar-refractivity contribution < 1.29 is 0 Å². The number of benzene rings is 2. The topological polar surface area (TPSA) is 74.5 Å². The molecule has 2 fully saturated rings. The molecule has 2 aromatic carbocycles. The fourth-order valence-electron chi connectivity index (χ4n) is 5.62. The van der Waals surface area contributed by atoms with Gasteiger partial charge in [0.25, 0.3) is 0 Å². The Morgan fingerprint density at radius 3 is 2.03 bits per heavy atom. The van der Waals surface area contributed by atoms with Crippen molar-refractivity contribution in [2.24, 2.45) is 5.10 Å². The number of fused-ring (bicyclic) bond motifs is 1. The molecule has 6 rings (SSSR count). The van der Waals surface area contributed by atoms with Gasteiger partial charge in [0.2, 0.25) is 17.8 Å². The van der Waals surface area contributed by atoms with Gasteiger partial charge in [0.15, 0.2) is 0 Å². The van der Waals surface area contributed by atoms with Gasteiger partial charge >= 0.3 is 0 Å². The van der Waals surface area contributed by atoms with Crippen molar-refractivity contribution in [3.05, 3.63) is 71.4 Å². The van der Waals surface area contributed by atoms with Crippen LogP contribution < -0.4 is 15.2 Å². The maximum Gasteiger partial charge on any atom is 0.250 e. The molecule has 0 amide bonds. The molecule has 1 N–H and O–H groups in total. The third kappa shape index (κ3) is 5.21. The summed E-state index contributed by atoms with van der Waals surface area (Å²) in [6, 6.07) is 19.1. The molecule has 0 unspecified atom stereocenters. The quantitative estimate of drug-likeness (QED) is 0.258. The van der Waals surface area contributed by atoms with Crippen LogP contribution in [0.5, 0.6) is 0 Å². The van der Waals surface area contributed by atoms with Gasteiger partial charge in [0.05, 0.1) is 6.21 Å². The van der Waals surface area contributed by atoms with Gasteiger partial charge in [-0.25, -0.2) is 5.43 Å². The van der Waals surface area contributed by atoms with Crippen LogP contribution in [0.1, 0.15) is 55.3 Å². The molecule has 0 aliphatic carbocycles. The fourth-order valence-corrected chi connectivity index (χ4v) is 5.62. The Bertz CT molecular complexity index is 1360. The monoisotopic (exact) mass is 508 g/mol. The molecule has 2 aliphatic rings. The molecule has 196 valence electrons. The second-order valence-corrected chi connectivity index (χ2v) is 10.3. The lowest BCUT2D eigenvalue weighted by Crippen LogP contribution is -2.34. The smallest absolute Gasteiger partial charge is 0.250 e. The van der Waals surface area contributed by atoms with Gasteiger partial charge in [-0.3, -0.25) is 0 Å². The van der Waals surface area contributed by atoms with Gasteiger partial charge in [0.1, 0.15) is 0 Å². The largest absolute Gasteiger partial charge is 0.341 e. The van der Waals surface area contributed by atoms with Crippen LogP contribution in [0, 0.1) is 6.92 Å². The zero-order chi connectivity index (χ0) is 25.7. The van der Waals surface area contributed by atoms with Gasteiger partial charge in [0, 0.05) is 54.9 Å². The highest BCUT2D eigenvalue weighted by Crippen LogP contribution is 2.26. The molecule has 2 aliphatic heterocycles. The van der Waals surface area contributed by atoms with Gasteiger partial charge in [-0.2, -0.15) is 20.1 Å². The Hall–Kier alpha value is -3.94. The molecular formula is C30H36N8. The summed E-state index contributed by atoms with van der Waals surface area (Å²) in [7, 11) is 0. The molecule has 8 heteroatoms. The molecule has 8 nitrogen and oxygen atoms in total. The minimum Gasteiger partial charge on any atom is -0.341 e. The van der Waals surface area contributed by atoms with Crippen LogP contribution in [0.4, 0.5) is 17.8 Å². The zero-order valence-electron chi connectivity index (χ0n) is 22.2. The lowest BCUT2D eigenvalue weighted by molar-refractivity contribution is 0.556. The van der Waals surface area contributed by atoms with E-state index < -0.39 is 0 Å². The van der Waals surface area contributed by atoms with E-state index >= 15 is 0 Å². The van der Waals surface area contributed by atoms with Crippen molar-refractivity contribution in [3.63, 3.8) is 0 Å². The summed E-state index contributed by atoms with van der Waals surface area (Å²) in [5, 5.41) is 5.82. The molecule has 0 radical (unpaired) electrons. The number of hydrogen-bond acceptors (Lipinski definition) is 7. The third-order valence-electron chi connectivity index (χ3n) is 7.71.